The van der Waals surface area contributed by atoms with Crippen LogP contribution in [0.2, 0.25) is 0 Å². The van der Waals surface area contributed by atoms with E-state index in [9.17, 15) is 8.78 Å². The minimum absolute atomic E-state index is 0.602. The van der Waals surface area contributed by atoms with Gasteiger partial charge in [0.05, 0.1) is 0 Å². The fourth-order valence-corrected chi connectivity index (χ4v) is 2.69. The minimum atomic E-state index is -0.804. The average molecular weight is 274 g/mol. The van der Waals surface area contributed by atoms with Crippen LogP contribution in [0.15, 0.2) is 36.4 Å². The van der Waals surface area contributed by atoms with Crippen LogP contribution in [0.4, 0.5) is 14.5 Å². The van der Waals surface area contributed by atoms with E-state index in [4.69, 9.17) is 5.73 Å². The second-order valence-electron chi connectivity index (χ2n) is 5.19. The van der Waals surface area contributed by atoms with Gasteiger partial charge in [0.15, 0.2) is 11.6 Å². The summed E-state index contributed by atoms with van der Waals surface area (Å²) in [6, 6.07) is 10.0. The third kappa shape index (κ3) is 2.51. The Morgan fingerprint density at radius 1 is 1.10 bits per heavy atom. The maximum absolute atomic E-state index is 13.2. The minimum Gasteiger partial charge on any atom is -0.398 e. The molecule has 1 aliphatic rings. The van der Waals surface area contributed by atoms with E-state index in [0.29, 0.717) is 6.54 Å². The molecule has 0 atom stereocenters. The summed E-state index contributed by atoms with van der Waals surface area (Å²) >= 11 is 0. The van der Waals surface area contributed by atoms with Crippen molar-refractivity contribution in [1.82, 2.24) is 4.90 Å². The third-order valence-corrected chi connectivity index (χ3v) is 3.78. The SMILES string of the molecule is Nc1cccc2c1CN(Cc1ccc(F)c(F)c1)CC2. The first-order valence-corrected chi connectivity index (χ1v) is 6.66. The van der Waals surface area contributed by atoms with Crippen molar-refractivity contribution in [3.05, 3.63) is 64.7 Å². The van der Waals surface area contributed by atoms with Gasteiger partial charge < -0.3 is 5.73 Å². The molecule has 2 N–H and O–H groups in total. The van der Waals surface area contributed by atoms with Gasteiger partial charge in [-0.3, -0.25) is 4.90 Å². The van der Waals surface area contributed by atoms with Crippen LogP contribution in [0.5, 0.6) is 0 Å². The molecule has 4 heteroatoms. The topological polar surface area (TPSA) is 29.3 Å². The molecule has 2 nitrogen and oxygen atoms in total. The van der Waals surface area contributed by atoms with Gasteiger partial charge in [-0.15, -0.1) is 0 Å². The molecule has 2 aromatic carbocycles. The van der Waals surface area contributed by atoms with Crippen molar-refractivity contribution in [2.75, 3.05) is 12.3 Å². The Morgan fingerprint density at radius 2 is 1.95 bits per heavy atom. The molecule has 0 fully saturated rings. The van der Waals surface area contributed by atoms with Crippen LogP contribution in [0.25, 0.3) is 0 Å². The Hall–Kier alpha value is -1.94. The van der Waals surface area contributed by atoms with E-state index in [1.54, 1.807) is 6.07 Å². The summed E-state index contributed by atoms with van der Waals surface area (Å²) in [5.74, 6) is -1.60. The highest BCUT2D eigenvalue weighted by atomic mass is 19.2. The Balaban J connectivity index is 1.77. The van der Waals surface area contributed by atoms with Gasteiger partial charge in [0.2, 0.25) is 0 Å². The van der Waals surface area contributed by atoms with Gasteiger partial charge in [-0.1, -0.05) is 18.2 Å². The molecule has 0 saturated heterocycles. The number of nitrogens with two attached hydrogens (primary N) is 1. The Bertz CT molecular complexity index is 640. The molecule has 3 rings (SSSR count). The zero-order valence-corrected chi connectivity index (χ0v) is 11.1. The maximum atomic E-state index is 13.2. The highest BCUT2D eigenvalue weighted by molar-refractivity contribution is 5.51. The molecule has 20 heavy (non-hydrogen) atoms. The molecule has 1 heterocycles. The molecule has 0 aromatic heterocycles. The van der Waals surface area contributed by atoms with Crippen LogP contribution in [0.3, 0.4) is 0 Å². The molecule has 0 spiro atoms. The van der Waals surface area contributed by atoms with E-state index >= 15 is 0 Å². The lowest BCUT2D eigenvalue weighted by Gasteiger charge is -2.29. The van der Waals surface area contributed by atoms with Crippen molar-refractivity contribution in [1.29, 1.82) is 0 Å². The van der Waals surface area contributed by atoms with Gasteiger partial charge in [0.25, 0.3) is 0 Å². The van der Waals surface area contributed by atoms with Crippen LogP contribution >= 0.6 is 0 Å². The quantitative estimate of drug-likeness (QED) is 0.853. The van der Waals surface area contributed by atoms with Crippen molar-refractivity contribution >= 4 is 5.69 Å². The normalized spacial score (nSPS) is 15.1. The summed E-state index contributed by atoms with van der Waals surface area (Å²) < 4.78 is 26.1. The summed E-state index contributed by atoms with van der Waals surface area (Å²) in [4.78, 5) is 2.20. The highest BCUT2D eigenvalue weighted by Gasteiger charge is 2.18. The van der Waals surface area contributed by atoms with Crippen LogP contribution in [0, 0.1) is 11.6 Å². The number of nitrogens with zero attached hydrogens (tertiary/aromatic N) is 1. The molecule has 0 amide bonds. The number of fused-ring (bicyclic) bond motifs is 1. The standard InChI is InChI=1S/C16H16F2N2/c17-14-5-4-11(8-15(14)18)9-20-7-6-12-2-1-3-16(19)13(12)10-20/h1-5,8H,6-7,9-10,19H2. The molecule has 0 aliphatic carbocycles. The van der Waals surface area contributed by atoms with E-state index in [1.165, 1.54) is 17.7 Å². The zero-order valence-electron chi connectivity index (χ0n) is 11.1. The van der Waals surface area contributed by atoms with Gasteiger partial charge in [-0.05, 0) is 41.3 Å². The van der Waals surface area contributed by atoms with Crippen LogP contribution < -0.4 is 5.73 Å². The lowest BCUT2D eigenvalue weighted by atomic mass is 9.98. The smallest absolute Gasteiger partial charge is 0.159 e. The fraction of sp³-hybridized carbons (Fsp3) is 0.250. The van der Waals surface area contributed by atoms with Crippen molar-refractivity contribution in [3.63, 3.8) is 0 Å². The molecule has 2 aromatic rings. The molecule has 1 aliphatic heterocycles. The highest BCUT2D eigenvalue weighted by Crippen LogP contribution is 2.25. The predicted molar refractivity (Wildman–Crippen MR) is 75.0 cm³/mol. The summed E-state index contributed by atoms with van der Waals surface area (Å²) in [6.07, 6.45) is 0.935. The Labute approximate surface area is 116 Å². The lowest BCUT2D eigenvalue weighted by Crippen LogP contribution is -2.30. The predicted octanol–water partition coefficient (Wildman–Crippen LogP) is 3.11. The van der Waals surface area contributed by atoms with Gasteiger partial charge in [0, 0.05) is 25.3 Å². The third-order valence-electron chi connectivity index (χ3n) is 3.78. The van der Waals surface area contributed by atoms with Crippen molar-refractivity contribution in [3.8, 4) is 0 Å². The van der Waals surface area contributed by atoms with Gasteiger partial charge in [-0.25, -0.2) is 8.78 Å². The van der Waals surface area contributed by atoms with E-state index in [0.717, 1.165) is 36.3 Å². The fourth-order valence-electron chi connectivity index (χ4n) is 2.69. The zero-order chi connectivity index (χ0) is 14.1. The number of benzene rings is 2. The largest absolute Gasteiger partial charge is 0.398 e. The van der Waals surface area contributed by atoms with Crippen LogP contribution in [-0.2, 0) is 19.5 Å². The number of nitrogen functional groups attached to an aromatic ring is 1. The van der Waals surface area contributed by atoms with Crippen LogP contribution in [-0.4, -0.2) is 11.4 Å². The number of hydrogen-bond donors (Lipinski definition) is 1. The van der Waals surface area contributed by atoms with Crippen molar-refractivity contribution in [2.45, 2.75) is 19.5 Å². The first kappa shape index (κ1) is 13.1. The molecular formula is C16H16F2N2. The first-order chi connectivity index (χ1) is 9.63. The van der Waals surface area contributed by atoms with E-state index < -0.39 is 11.6 Å². The molecule has 0 radical (unpaired) electrons. The van der Waals surface area contributed by atoms with Gasteiger partial charge >= 0.3 is 0 Å². The molecule has 0 unspecified atom stereocenters. The van der Waals surface area contributed by atoms with Crippen molar-refractivity contribution in [2.24, 2.45) is 0 Å². The van der Waals surface area contributed by atoms with Gasteiger partial charge in [0.1, 0.15) is 0 Å². The van der Waals surface area contributed by atoms with Crippen molar-refractivity contribution < 1.29 is 8.78 Å². The second kappa shape index (κ2) is 5.21. The average Bonchev–Trinajstić information content (AvgIpc) is 2.44. The van der Waals surface area contributed by atoms with E-state index in [2.05, 4.69) is 11.0 Å². The number of halogens is 2. The molecule has 0 saturated carbocycles. The summed E-state index contributed by atoms with van der Waals surface area (Å²) in [5, 5.41) is 0. The van der Waals surface area contributed by atoms with E-state index in [1.807, 2.05) is 12.1 Å². The molecular weight excluding hydrogens is 258 g/mol. The summed E-state index contributed by atoms with van der Waals surface area (Å²) in [6.45, 7) is 2.25. The molecule has 0 bridgehead atoms. The number of rotatable bonds is 2. The summed E-state index contributed by atoms with van der Waals surface area (Å²) in [7, 11) is 0. The lowest BCUT2D eigenvalue weighted by molar-refractivity contribution is 0.245. The summed E-state index contributed by atoms with van der Waals surface area (Å²) in [5.41, 5.74) is 10.0. The van der Waals surface area contributed by atoms with E-state index in [-0.39, 0.29) is 0 Å². The second-order valence-corrected chi connectivity index (χ2v) is 5.19. The molecule has 104 valence electrons. The monoisotopic (exact) mass is 274 g/mol. The van der Waals surface area contributed by atoms with Crippen LogP contribution in [0.1, 0.15) is 16.7 Å². The maximum Gasteiger partial charge on any atom is 0.159 e. The Kier molecular flexibility index (Phi) is 3.40. The number of anilines is 1. The van der Waals surface area contributed by atoms with Gasteiger partial charge in [-0.2, -0.15) is 0 Å². The number of hydrogen-bond acceptors (Lipinski definition) is 2. The Morgan fingerprint density at radius 3 is 2.75 bits per heavy atom. The first-order valence-electron chi connectivity index (χ1n) is 6.66.